The molecular weight excluding hydrogens is 392 g/mol. The van der Waals surface area contributed by atoms with E-state index in [-0.39, 0.29) is 17.9 Å². The fraction of sp³-hybridized carbons (Fsp3) is 0.636. The number of rotatable bonds is 5. The summed E-state index contributed by atoms with van der Waals surface area (Å²) in [5.41, 5.74) is 1.06. The van der Waals surface area contributed by atoms with Gasteiger partial charge in [-0.1, -0.05) is 31.5 Å². The number of amides is 1. The first kappa shape index (κ1) is 21.9. The van der Waals surface area contributed by atoms with Gasteiger partial charge in [-0.2, -0.15) is 0 Å². The predicted molar refractivity (Wildman–Crippen MR) is 113 cm³/mol. The van der Waals surface area contributed by atoms with E-state index in [1.54, 1.807) is 13.8 Å². The van der Waals surface area contributed by atoms with E-state index >= 15 is 0 Å². The molecule has 7 heteroatoms. The molecule has 0 saturated carbocycles. The van der Waals surface area contributed by atoms with Crippen molar-refractivity contribution in [3.63, 3.8) is 0 Å². The fourth-order valence-electron chi connectivity index (χ4n) is 4.19. The molecular formula is C22H31ClN2O4. The van der Waals surface area contributed by atoms with Crippen molar-refractivity contribution in [2.24, 2.45) is 11.8 Å². The number of anilines is 1. The Kier molecular flexibility index (Phi) is 6.44. The standard InChI is InChI=1S/C22H31ClN2O4/c1-14(2)11-18(19-21(27)29-22(4,5)28-19)20(26)25-10-9-24(13-15(25)3)17-8-6-7-16(23)12-17/h6-8,12,14-15,18-19H,9-11,13H2,1-5H3/t15-,18-,19-/m0/s1. The van der Waals surface area contributed by atoms with E-state index < -0.39 is 23.8 Å². The maximum absolute atomic E-state index is 13.5. The smallest absolute Gasteiger partial charge is 0.338 e. The van der Waals surface area contributed by atoms with Gasteiger partial charge in [0.2, 0.25) is 11.7 Å². The van der Waals surface area contributed by atoms with Crippen molar-refractivity contribution in [3.8, 4) is 0 Å². The van der Waals surface area contributed by atoms with Crippen LogP contribution in [0.15, 0.2) is 24.3 Å². The highest BCUT2D eigenvalue weighted by molar-refractivity contribution is 6.30. The Labute approximate surface area is 178 Å². The minimum atomic E-state index is -0.992. The first-order valence-corrected chi connectivity index (χ1v) is 10.7. The summed E-state index contributed by atoms with van der Waals surface area (Å²) in [6.45, 7) is 11.6. The van der Waals surface area contributed by atoms with Gasteiger partial charge in [0.1, 0.15) is 0 Å². The summed E-state index contributed by atoms with van der Waals surface area (Å²) in [6.07, 6.45) is -0.270. The Morgan fingerprint density at radius 2 is 2.03 bits per heavy atom. The van der Waals surface area contributed by atoms with E-state index in [1.165, 1.54) is 0 Å². The first-order chi connectivity index (χ1) is 13.6. The lowest BCUT2D eigenvalue weighted by Crippen LogP contribution is -2.57. The second-order valence-corrected chi connectivity index (χ2v) is 9.34. The number of cyclic esters (lactones) is 1. The summed E-state index contributed by atoms with van der Waals surface area (Å²) < 4.78 is 11.2. The second kappa shape index (κ2) is 8.52. The van der Waals surface area contributed by atoms with Crippen LogP contribution in [-0.2, 0) is 19.1 Å². The zero-order chi connectivity index (χ0) is 21.3. The quantitative estimate of drug-likeness (QED) is 0.677. The molecule has 0 aliphatic carbocycles. The minimum absolute atomic E-state index is 0.00956. The molecule has 1 aromatic carbocycles. The van der Waals surface area contributed by atoms with Gasteiger partial charge in [0.25, 0.3) is 0 Å². The molecule has 0 bridgehead atoms. The van der Waals surface area contributed by atoms with E-state index in [9.17, 15) is 9.59 Å². The highest BCUT2D eigenvalue weighted by atomic mass is 35.5. The SMILES string of the molecule is CC(C)C[C@H](C(=O)N1CCN(c2cccc(Cl)c2)C[C@@H]1C)[C@@H]1OC(C)(C)OC1=O. The number of benzene rings is 1. The van der Waals surface area contributed by atoms with Crippen LogP contribution in [0.4, 0.5) is 5.69 Å². The molecule has 2 fully saturated rings. The third-order valence-corrected chi connectivity index (χ3v) is 5.72. The highest BCUT2D eigenvalue weighted by Crippen LogP contribution is 2.33. The fourth-order valence-corrected chi connectivity index (χ4v) is 4.38. The number of esters is 1. The summed E-state index contributed by atoms with van der Waals surface area (Å²) >= 11 is 6.13. The lowest BCUT2D eigenvalue weighted by atomic mass is 9.90. The Morgan fingerprint density at radius 3 is 2.59 bits per heavy atom. The van der Waals surface area contributed by atoms with E-state index in [2.05, 4.69) is 4.90 Å². The summed E-state index contributed by atoms with van der Waals surface area (Å²) in [4.78, 5) is 30.0. The number of carbonyl (C=O) groups excluding carboxylic acids is 2. The second-order valence-electron chi connectivity index (χ2n) is 8.90. The van der Waals surface area contributed by atoms with Crippen LogP contribution in [0, 0.1) is 11.8 Å². The number of ether oxygens (including phenoxy) is 2. The van der Waals surface area contributed by atoms with Crippen LogP contribution in [0.1, 0.15) is 41.0 Å². The first-order valence-electron chi connectivity index (χ1n) is 10.3. The van der Waals surface area contributed by atoms with Crippen LogP contribution in [-0.4, -0.2) is 54.3 Å². The Hall–Kier alpha value is -1.79. The van der Waals surface area contributed by atoms with Gasteiger partial charge < -0.3 is 19.3 Å². The molecule has 3 rings (SSSR count). The summed E-state index contributed by atoms with van der Waals surface area (Å²) in [5.74, 6) is -1.75. The van der Waals surface area contributed by atoms with Gasteiger partial charge >= 0.3 is 5.97 Å². The van der Waals surface area contributed by atoms with Crippen molar-refractivity contribution in [1.29, 1.82) is 0 Å². The van der Waals surface area contributed by atoms with Gasteiger partial charge in [-0.05, 0) is 37.5 Å². The van der Waals surface area contributed by atoms with E-state index in [0.29, 0.717) is 31.1 Å². The number of piperazine rings is 1. The number of halogens is 1. The Morgan fingerprint density at radius 1 is 1.31 bits per heavy atom. The van der Waals surface area contributed by atoms with Crippen molar-refractivity contribution >= 4 is 29.2 Å². The monoisotopic (exact) mass is 422 g/mol. The summed E-state index contributed by atoms with van der Waals surface area (Å²) in [7, 11) is 0. The van der Waals surface area contributed by atoms with Gasteiger partial charge in [-0.15, -0.1) is 0 Å². The molecule has 0 radical (unpaired) electrons. The lowest BCUT2D eigenvalue weighted by molar-refractivity contribution is -0.163. The molecule has 2 aliphatic rings. The van der Waals surface area contributed by atoms with E-state index in [1.807, 2.05) is 49.9 Å². The molecule has 0 N–H and O–H groups in total. The molecule has 0 aromatic heterocycles. The third-order valence-electron chi connectivity index (χ3n) is 5.48. The molecule has 1 aromatic rings. The lowest BCUT2D eigenvalue weighted by Gasteiger charge is -2.42. The van der Waals surface area contributed by atoms with Crippen LogP contribution >= 0.6 is 11.6 Å². The van der Waals surface area contributed by atoms with Crippen LogP contribution in [0.5, 0.6) is 0 Å². The van der Waals surface area contributed by atoms with Crippen molar-refractivity contribution < 1.29 is 19.1 Å². The third kappa shape index (κ3) is 5.04. The van der Waals surface area contributed by atoms with Crippen LogP contribution in [0.25, 0.3) is 0 Å². The Balaban J connectivity index is 1.74. The van der Waals surface area contributed by atoms with Gasteiger partial charge in [-0.3, -0.25) is 4.79 Å². The van der Waals surface area contributed by atoms with Crippen molar-refractivity contribution in [1.82, 2.24) is 4.90 Å². The summed E-state index contributed by atoms with van der Waals surface area (Å²) in [6, 6.07) is 7.77. The zero-order valence-corrected chi connectivity index (χ0v) is 18.6. The zero-order valence-electron chi connectivity index (χ0n) is 17.9. The van der Waals surface area contributed by atoms with Crippen molar-refractivity contribution in [3.05, 3.63) is 29.3 Å². The van der Waals surface area contributed by atoms with Crippen LogP contribution < -0.4 is 4.90 Å². The number of nitrogens with zero attached hydrogens (tertiary/aromatic N) is 2. The molecule has 0 spiro atoms. The number of hydrogen-bond acceptors (Lipinski definition) is 5. The van der Waals surface area contributed by atoms with Crippen molar-refractivity contribution in [2.75, 3.05) is 24.5 Å². The van der Waals surface area contributed by atoms with E-state index in [4.69, 9.17) is 21.1 Å². The number of hydrogen-bond donors (Lipinski definition) is 0. The Bertz CT molecular complexity index is 767. The molecule has 2 saturated heterocycles. The molecule has 6 nitrogen and oxygen atoms in total. The van der Waals surface area contributed by atoms with Crippen molar-refractivity contribution in [2.45, 2.75) is 59.0 Å². The highest BCUT2D eigenvalue weighted by Gasteiger charge is 2.49. The molecule has 1 amide bonds. The maximum atomic E-state index is 13.5. The topological polar surface area (TPSA) is 59.1 Å². The van der Waals surface area contributed by atoms with Gasteiger partial charge in [0.05, 0.1) is 5.92 Å². The minimum Gasteiger partial charge on any atom is -0.432 e. The largest absolute Gasteiger partial charge is 0.432 e. The predicted octanol–water partition coefficient (Wildman–Crippen LogP) is 3.72. The van der Waals surface area contributed by atoms with Crippen LogP contribution in [0.3, 0.4) is 0 Å². The average Bonchev–Trinajstić information content (AvgIpc) is 2.91. The molecule has 2 aliphatic heterocycles. The van der Waals surface area contributed by atoms with Crippen LogP contribution in [0.2, 0.25) is 5.02 Å². The summed E-state index contributed by atoms with van der Waals surface area (Å²) in [5, 5.41) is 0.699. The molecule has 29 heavy (non-hydrogen) atoms. The van der Waals surface area contributed by atoms with E-state index in [0.717, 1.165) is 5.69 Å². The normalized spacial score (nSPS) is 25.3. The average molecular weight is 423 g/mol. The van der Waals surface area contributed by atoms with Gasteiger partial charge in [0, 0.05) is 50.2 Å². The molecule has 0 unspecified atom stereocenters. The molecule has 2 heterocycles. The molecule has 3 atom stereocenters. The maximum Gasteiger partial charge on any atom is 0.338 e. The van der Waals surface area contributed by atoms with Gasteiger partial charge in [-0.25, -0.2) is 4.79 Å². The molecule has 160 valence electrons. The number of carbonyl (C=O) groups is 2. The van der Waals surface area contributed by atoms with Gasteiger partial charge in [0.15, 0.2) is 6.10 Å².